The Labute approximate surface area is 134 Å². The molecule has 0 radical (unpaired) electrons. The van der Waals surface area contributed by atoms with Crippen LogP contribution in [0.15, 0.2) is 29.2 Å². The molecule has 0 aromatic heterocycles. The number of benzene rings is 1. The minimum Gasteiger partial charge on any atom is -0.494 e. The van der Waals surface area contributed by atoms with E-state index < -0.39 is 10.0 Å². The Balaban J connectivity index is 1.65. The van der Waals surface area contributed by atoms with Crippen LogP contribution in [0.2, 0.25) is 0 Å². The normalized spacial score (nSPS) is 21.0. The second-order valence-electron chi connectivity index (χ2n) is 7.13. The average molecular weight is 325 g/mol. The summed E-state index contributed by atoms with van der Waals surface area (Å²) in [5, 5.41) is 5.06. The molecule has 1 aliphatic carbocycles. The lowest BCUT2D eigenvalue weighted by Gasteiger charge is -2.17. The van der Waals surface area contributed by atoms with Crippen LogP contribution in [0.25, 0.3) is 0 Å². The van der Waals surface area contributed by atoms with Crippen LogP contribution in [-0.4, -0.2) is 15.0 Å². The highest BCUT2D eigenvalue weighted by atomic mass is 32.2. The van der Waals surface area contributed by atoms with E-state index in [4.69, 9.17) is 9.88 Å². The highest BCUT2D eigenvalue weighted by Crippen LogP contribution is 2.42. The van der Waals surface area contributed by atoms with Gasteiger partial charge in [0.05, 0.1) is 11.5 Å². The van der Waals surface area contributed by atoms with E-state index in [-0.39, 0.29) is 4.90 Å². The molecule has 0 aliphatic heterocycles. The van der Waals surface area contributed by atoms with Crippen LogP contribution in [-0.2, 0) is 10.0 Å². The second kappa shape index (κ2) is 7.01. The molecule has 0 heterocycles. The molecule has 5 heteroatoms. The van der Waals surface area contributed by atoms with Gasteiger partial charge in [0, 0.05) is 0 Å². The van der Waals surface area contributed by atoms with Crippen LogP contribution >= 0.6 is 0 Å². The van der Waals surface area contributed by atoms with Gasteiger partial charge in [0.2, 0.25) is 10.0 Å². The van der Waals surface area contributed by atoms with Gasteiger partial charge in [-0.05, 0) is 67.7 Å². The fraction of sp³-hybridized carbons (Fsp3) is 0.647. The predicted molar refractivity (Wildman–Crippen MR) is 88.3 cm³/mol. The number of rotatable bonds is 7. The molecule has 1 atom stereocenters. The molecule has 2 rings (SSSR count). The highest BCUT2D eigenvalue weighted by molar-refractivity contribution is 7.89. The van der Waals surface area contributed by atoms with Crippen molar-refractivity contribution in [2.24, 2.45) is 16.5 Å². The standard InChI is InChI=1S/C17H27NO3S/c1-17(2)11-10-14(13-17)5-3-4-12-21-15-6-8-16(9-7-15)22(18,19)20/h6-9,14H,3-5,10-13H2,1-2H3,(H2,18,19,20). The van der Waals surface area contributed by atoms with Crippen molar-refractivity contribution in [3.63, 3.8) is 0 Å². The van der Waals surface area contributed by atoms with Crippen molar-refractivity contribution in [2.45, 2.75) is 57.3 Å². The lowest BCUT2D eigenvalue weighted by molar-refractivity contribution is 0.295. The van der Waals surface area contributed by atoms with Gasteiger partial charge in [0.25, 0.3) is 0 Å². The van der Waals surface area contributed by atoms with E-state index in [9.17, 15) is 8.42 Å². The number of ether oxygens (including phenoxy) is 1. The molecule has 1 unspecified atom stereocenters. The summed E-state index contributed by atoms with van der Waals surface area (Å²) in [6.07, 6.45) is 7.58. The summed E-state index contributed by atoms with van der Waals surface area (Å²) in [6, 6.07) is 6.26. The van der Waals surface area contributed by atoms with Gasteiger partial charge in [-0.25, -0.2) is 13.6 Å². The van der Waals surface area contributed by atoms with Crippen molar-refractivity contribution in [3.05, 3.63) is 24.3 Å². The Bertz CT molecular complexity index is 578. The maximum absolute atomic E-state index is 11.2. The van der Waals surface area contributed by atoms with Crippen molar-refractivity contribution in [2.75, 3.05) is 6.61 Å². The Hall–Kier alpha value is -1.07. The molecule has 1 saturated carbocycles. The van der Waals surface area contributed by atoms with E-state index in [0.29, 0.717) is 17.8 Å². The SMILES string of the molecule is CC1(C)CCC(CCCCOc2ccc(S(N)(=O)=O)cc2)C1. The molecule has 0 spiro atoms. The number of unbranched alkanes of at least 4 members (excludes halogenated alkanes) is 1. The van der Waals surface area contributed by atoms with Crippen molar-refractivity contribution in [3.8, 4) is 5.75 Å². The molecular weight excluding hydrogens is 298 g/mol. The van der Waals surface area contributed by atoms with Crippen molar-refractivity contribution >= 4 is 10.0 Å². The van der Waals surface area contributed by atoms with E-state index in [0.717, 1.165) is 12.3 Å². The van der Waals surface area contributed by atoms with Gasteiger partial charge in [-0.3, -0.25) is 0 Å². The second-order valence-corrected chi connectivity index (χ2v) is 8.70. The Morgan fingerprint density at radius 1 is 1.23 bits per heavy atom. The van der Waals surface area contributed by atoms with E-state index in [1.807, 2.05) is 0 Å². The lowest BCUT2D eigenvalue weighted by atomic mass is 9.89. The summed E-state index contributed by atoms with van der Waals surface area (Å²) in [6.45, 7) is 5.40. The maximum Gasteiger partial charge on any atom is 0.238 e. The van der Waals surface area contributed by atoms with Gasteiger partial charge in [0.1, 0.15) is 5.75 Å². The molecule has 1 fully saturated rings. The van der Waals surface area contributed by atoms with Gasteiger partial charge in [0.15, 0.2) is 0 Å². The molecule has 1 aromatic carbocycles. The summed E-state index contributed by atoms with van der Waals surface area (Å²) in [7, 11) is -3.62. The van der Waals surface area contributed by atoms with E-state index in [1.165, 1.54) is 44.2 Å². The predicted octanol–water partition coefficient (Wildman–Crippen LogP) is 3.71. The zero-order chi connectivity index (χ0) is 16.2. The van der Waals surface area contributed by atoms with Crippen LogP contribution in [0.4, 0.5) is 0 Å². The van der Waals surface area contributed by atoms with Crippen LogP contribution in [0, 0.1) is 11.3 Å². The summed E-state index contributed by atoms with van der Waals surface area (Å²) in [4.78, 5) is 0.115. The van der Waals surface area contributed by atoms with Gasteiger partial charge in [-0.1, -0.05) is 20.3 Å². The Morgan fingerprint density at radius 3 is 2.45 bits per heavy atom. The van der Waals surface area contributed by atoms with Crippen LogP contribution in [0.3, 0.4) is 0 Å². The number of hydrogen-bond acceptors (Lipinski definition) is 3. The third-order valence-electron chi connectivity index (χ3n) is 4.50. The van der Waals surface area contributed by atoms with E-state index in [2.05, 4.69) is 13.8 Å². The summed E-state index contributed by atoms with van der Waals surface area (Å²) in [5.41, 5.74) is 0.534. The average Bonchev–Trinajstić information content (AvgIpc) is 2.77. The quantitative estimate of drug-likeness (QED) is 0.777. The first-order valence-corrected chi connectivity index (χ1v) is 9.57. The summed E-state index contributed by atoms with van der Waals surface area (Å²) < 4.78 is 27.9. The Morgan fingerprint density at radius 2 is 1.91 bits per heavy atom. The molecule has 4 nitrogen and oxygen atoms in total. The number of sulfonamides is 1. The lowest BCUT2D eigenvalue weighted by Crippen LogP contribution is -2.11. The maximum atomic E-state index is 11.2. The highest BCUT2D eigenvalue weighted by Gasteiger charge is 2.30. The summed E-state index contributed by atoms with van der Waals surface area (Å²) in [5.74, 6) is 1.57. The minimum absolute atomic E-state index is 0.115. The first kappa shape index (κ1) is 17.3. The summed E-state index contributed by atoms with van der Waals surface area (Å²) >= 11 is 0. The molecular formula is C17H27NO3S. The minimum atomic E-state index is -3.62. The fourth-order valence-electron chi connectivity index (χ4n) is 3.28. The molecule has 0 saturated heterocycles. The smallest absolute Gasteiger partial charge is 0.238 e. The molecule has 124 valence electrons. The van der Waals surface area contributed by atoms with Gasteiger partial charge < -0.3 is 4.74 Å². The number of nitrogens with two attached hydrogens (primary N) is 1. The van der Waals surface area contributed by atoms with E-state index in [1.54, 1.807) is 12.1 Å². The van der Waals surface area contributed by atoms with Gasteiger partial charge in [-0.15, -0.1) is 0 Å². The van der Waals surface area contributed by atoms with Crippen LogP contribution in [0.1, 0.15) is 52.4 Å². The van der Waals surface area contributed by atoms with Crippen LogP contribution in [0.5, 0.6) is 5.75 Å². The molecule has 2 N–H and O–H groups in total. The first-order valence-electron chi connectivity index (χ1n) is 8.02. The molecule has 22 heavy (non-hydrogen) atoms. The molecule has 0 bridgehead atoms. The molecule has 0 amide bonds. The Kier molecular flexibility index (Phi) is 5.50. The van der Waals surface area contributed by atoms with Crippen LogP contribution < -0.4 is 9.88 Å². The van der Waals surface area contributed by atoms with Gasteiger partial charge in [-0.2, -0.15) is 0 Å². The zero-order valence-corrected chi connectivity index (χ0v) is 14.4. The van der Waals surface area contributed by atoms with Crippen molar-refractivity contribution in [1.29, 1.82) is 0 Å². The van der Waals surface area contributed by atoms with Gasteiger partial charge >= 0.3 is 0 Å². The molecule has 1 aromatic rings. The number of hydrogen-bond donors (Lipinski definition) is 1. The monoisotopic (exact) mass is 325 g/mol. The molecule has 1 aliphatic rings. The topological polar surface area (TPSA) is 69.4 Å². The van der Waals surface area contributed by atoms with E-state index >= 15 is 0 Å². The van der Waals surface area contributed by atoms with Crippen molar-refractivity contribution in [1.82, 2.24) is 0 Å². The third-order valence-corrected chi connectivity index (χ3v) is 5.43. The number of primary sulfonamides is 1. The first-order chi connectivity index (χ1) is 10.3. The zero-order valence-electron chi connectivity index (χ0n) is 13.5. The third kappa shape index (κ3) is 5.29. The fourth-order valence-corrected chi connectivity index (χ4v) is 3.79. The largest absolute Gasteiger partial charge is 0.494 e. The van der Waals surface area contributed by atoms with Crippen molar-refractivity contribution < 1.29 is 13.2 Å².